The maximum atomic E-state index is 13.3. The van der Waals surface area contributed by atoms with Gasteiger partial charge in [-0.25, -0.2) is 0 Å². The Bertz CT molecular complexity index is 1440. The van der Waals surface area contributed by atoms with Crippen LogP contribution >= 0.6 is 0 Å². The fourth-order valence-electron chi connectivity index (χ4n) is 7.96. The quantitative estimate of drug-likeness (QED) is 0.0196. The molecule has 1 aliphatic heterocycles. The van der Waals surface area contributed by atoms with Crippen molar-refractivity contribution in [3.8, 4) is 0 Å². The van der Waals surface area contributed by atoms with Crippen LogP contribution in [0.15, 0.2) is 85.1 Å². The van der Waals surface area contributed by atoms with Gasteiger partial charge >= 0.3 is 5.97 Å². The van der Waals surface area contributed by atoms with Gasteiger partial charge in [0.05, 0.1) is 25.4 Å². The van der Waals surface area contributed by atoms with Crippen LogP contribution in [0.25, 0.3) is 0 Å². The first-order chi connectivity index (χ1) is 33.7. The number of allylic oxidation sites excluding steroid dienone is 12. The molecule has 0 spiro atoms. The Labute approximate surface area is 419 Å². The molecular weight excluding hydrogens is 871 g/mol. The normalized spacial score (nSPS) is 20.5. The smallest absolute Gasteiger partial charge is 0.306 e. The lowest BCUT2D eigenvalue weighted by molar-refractivity contribution is -0.305. The van der Waals surface area contributed by atoms with E-state index in [2.05, 4.69) is 80.8 Å². The molecule has 0 aromatic carbocycles. The van der Waals surface area contributed by atoms with E-state index in [4.69, 9.17) is 14.2 Å². The lowest BCUT2D eigenvalue weighted by atomic mass is 9.99. The minimum absolute atomic E-state index is 0.0554. The minimum atomic E-state index is -1.63. The van der Waals surface area contributed by atoms with Crippen LogP contribution in [0, 0.1) is 0 Å². The van der Waals surface area contributed by atoms with Crippen LogP contribution in [-0.4, -0.2) is 99.6 Å². The van der Waals surface area contributed by atoms with Gasteiger partial charge in [-0.05, 0) is 57.8 Å². The summed E-state index contributed by atoms with van der Waals surface area (Å²) in [6.07, 6.45) is 48.0. The maximum absolute atomic E-state index is 13.3. The molecule has 8 atom stereocenters. The highest BCUT2D eigenvalue weighted by atomic mass is 16.7. The van der Waals surface area contributed by atoms with Crippen molar-refractivity contribution >= 4 is 11.9 Å². The van der Waals surface area contributed by atoms with Crippen LogP contribution in [0.2, 0.25) is 0 Å². The average Bonchev–Trinajstić information content (AvgIpc) is 3.34. The second-order valence-corrected chi connectivity index (χ2v) is 18.6. The lowest BCUT2D eigenvalue weighted by Gasteiger charge is -2.41. The van der Waals surface area contributed by atoms with Crippen molar-refractivity contribution in [1.29, 1.82) is 0 Å². The molecule has 1 aliphatic rings. The predicted octanol–water partition coefficient (Wildman–Crippen LogP) is 11.8. The van der Waals surface area contributed by atoms with E-state index in [0.29, 0.717) is 12.8 Å². The first-order valence-corrected chi connectivity index (χ1v) is 27.4. The van der Waals surface area contributed by atoms with Gasteiger partial charge in [0.25, 0.3) is 0 Å². The van der Waals surface area contributed by atoms with E-state index in [1.807, 2.05) is 18.2 Å². The Morgan fingerprint density at radius 1 is 0.580 bits per heavy atom. The molecule has 0 radical (unpaired) electrons. The standard InChI is InChI=1S/C58H99NO10/c1-4-7-10-13-16-19-22-23-24-25-26-27-28-31-33-36-39-42-45-51(62)57(66)59-49(50(61)44-41-38-35-32-29-20-17-14-11-8-5-2)48-67-58-56(55(65)54(64)52(47-60)68-58)69-53(63)46-43-40-37-34-30-21-18-15-12-9-6-3/h7,10,16,19,23-24,26-27,31,33,39,41-42,44,49-52,54-56,58,60-62,64-65H,4-6,8-9,11-15,17-18,20-22,25,28-30,32,34-38,40,43,45-48H2,1-3H3,(H,59,66)/b10-7-,19-16-,24-23-,27-26-,33-31-,42-39-,44-41+. The number of carbonyl (C=O) groups is 2. The summed E-state index contributed by atoms with van der Waals surface area (Å²) in [5.41, 5.74) is 0. The number of rotatable bonds is 44. The third kappa shape index (κ3) is 34.7. The molecule has 11 nitrogen and oxygen atoms in total. The van der Waals surface area contributed by atoms with Crippen molar-refractivity contribution < 1.29 is 49.3 Å². The van der Waals surface area contributed by atoms with Gasteiger partial charge in [0, 0.05) is 12.8 Å². The largest absolute Gasteiger partial charge is 0.454 e. The molecule has 8 unspecified atom stereocenters. The molecule has 1 amide bonds. The highest BCUT2D eigenvalue weighted by Gasteiger charge is 2.47. The van der Waals surface area contributed by atoms with E-state index < -0.39 is 67.4 Å². The van der Waals surface area contributed by atoms with Crippen LogP contribution in [-0.2, 0) is 23.8 Å². The second-order valence-electron chi connectivity index (χ2n) is 18.6. The molecule has 0 aliphatic carbocycles. The van der Waals surface area contributed by atoms with Crippen molar-refractivity contribution in [1.82, 2.24) is 5.32 Å². The number of aliphatic hydroxyl groups excluding tert-OH is 5. The highest BCUT2D eigenvalue weighted by molar-refractivity contribution is 5.81. The Hall–Kier alpha value is -3.16. The summed E-state index contributed by atoms with van der Waals surface area (Å²) in [6.45, 7) is 5.58. The van der Waals surface area contributed by atoms with E-state index in [1.165, 1.54) is 83.5 Å². The first-order valence-electron chi connectivity index (χ1n) is 27.4. The summed E-state index contributed by atoms with van der Waals surface area (Å²) in [7, 11) is 0. The number of ether oxygens (including phenoxy) is 3. The van der Waals surface area contributed by atoms with Crippen LogP contribution in [0.3, 0.4) is 0 Å². The summed E-state index contributed by atoms with van der Waals surface area (Å²) >= 11 is 0. The van der Waals surface area contributed by atoms with Crippen LogP contribution < -0.4 is 5.32 Å². The number of hydrogen-bond acceptors (Lipinski definition) is 10. The monoisotopic (exact) mass is 970 g/mol. The Morgan fingerprint density at radius 2 is 1.03 bits per heavy atom. The summed E-state index contributed by atoms with van der Waals surface area (Å²) < 4.78 is 17.5. The van der Waals surface area contributed by atoms with Crippen LogP contribution in [0.4, 0.5) is 0 Å². The minimum Gasteiger partial charge on any atom is -0.454 e. The van der Waals surface area contributed by atoms with Gasteiger partial charge < -0.3 is 45.1 Å². The van der Waals surface area contributed by atoms with Gasteiger partial charge in [-0.2, -0.15) is 0 Å². The van der Waals surface area contributed by atoms with Gasteiger partial charge in [-0.15, -0.1) is 0 Å². The van der Waals surface area contributed by atoms with Crippen molar-refractivity contribution in [2.24, 2.45) is 0 Å². The summed E-state index contributed by atoms with van der Waals surface area (Å²) in [6, 6.07) is -1.07. The highest BCUT2D eigenvalue weighted by Crippen LogP contribution is 2.26. The van der Waals surface area contributed by atoms with E-state index in [-0.39, 0.29) is 19.4 Å². The number of esters is 1. The molecule has 1 heterocycles. The number of hydrogen-bond donors (Lipinski definition) is 6. The molecule has 0 aromatic rings. The number of unbranched alkanes of at least 4 members (excludes halogenated alkanes) is 19. The second kappa shape index (κ2) is 45.9. The van der Waals surface area contributed by atoms with Gasteiger partial charge in [-0.1, -0.05) is 221 Å². The Morgan fingerprint density at radius 3 is 1.51 bits per heavy atom. The topological polar surface area (TPSA) is 175 Å². The molecule has 6 N–H and O–H groups in total. The van der Waals surface area contributed by atoms with E-state index in [0.717, 1.165) is 77.0 Å². The molecule has 0 bridgehead atoms. The van der Waals surface area contributed by atoms with E-state index in [1.54, 1.807) is 12.2 Å². The molecule has 396 valence electrons. The molecule has 11 heteroatoms. The molecular formula is C58H99NO10. The summed E-state index contributed by atoms with van der Waals surface area (Å²) in [4.78, 5) is 26.3. The first kappa shape index (κ1) is 63.9. The van der Waals surface area contributed by atoms with Crippen LogP contribution in [0.5, 0.6) is 0 Å². The van der Waals surface area contributed by atoms with Gasteiger partial charge in [0.2, 0.25) is 5.91 Å². The number of nitrogens with one attached hydrogen (secondary N) is 1. The number of aliphatic hydroxyl groups is 5. The predicted molar refractivity (Wildman–Crippen MR) is 282 cm³/mol. The van der Waals surface area contributed by atoms with Crippen molar-refractivity contribution in [3.05, 3.63) is 85.1 Å². The molecule has 1 rings (SSSR count). The molecule has 69 heavy (non-hydrogen) atoms. The van der Waals surface area contributed by atoms with Crippen molar-refractivity contribution in [2.45, 2.75) is 256 Å². The fraction of sp³-hybridized carbons (Fsp3) is 0.724. The third-order valence-electron chi connectivity index (χ3n) is 12.3. The zero-order valence-corrected chi connectivity index (χ0v) is 43.4. The number of amides is 1. The molecule has 0 saturated carbocycles. The van der Waals surface area contributed by atoms with Gasteiger partial charge in [-0.3, -0.25) is 9.59 Å². The fourth-order valence-corrected chi connectivity index (χ4v) is 7.96. The molecule has 1 fully saturated rings. The van der Waals surface area contributed by atoms with Crippen LogP contribution in [0.1, 0.15) is 207 Å². The Balaban J connectivity index is 2.81. The molecule has 1 saturated heterocycles. The lowest BCUT2D eigenvalue weighted by Crippen LogP contribution is -2.61. The van der Waals surface area contributed by atoms with Crippen molar-refractivity contribution in [3.63, 3.8) is 0 Å². The summed E-state index contributed by atoms with van der Waals surface area (Å²) in [5.74, 6) is -1.29. The zero-order chi connectivity index (χ0) is 50.4. The van der Waals surface area contributed by atoms with Crippen molar-refractivity contribution in [2.75, 3.05) is 13.2 Å². The average molecular weight is 970 g/mol. The SMILES string of the molecule is CC/C=C\C/C=C\C/C=C\C/C=C\C/C=C\C/C=C\CC(O)C(=O)NC(COC1OC(CO)C(O)C(O)C1OC(=O)CCCCCCCCCCCCC)C(O)/C=C/CCCCCCCCCCC. The van der Waals surface area contributed by atoms with E-state index in [9.17, 15) is 35.1 Å². The zero-order valence-electron chi connectivity index (χ0n) is 43.4. The summed E-state index contributed by atoms with van der Waals surface area (Å²) in [5, 5.41) is 56.5. The number of carbonyl (C=O) groups excluding carboxylic acids is 2. The molecule has 0 aromatic heterocycles. The van der Waals surface area contributed by atoms with Gasteiger partial charge in [0.1, 0.15) is 24.4 Å². The third-order valence-corrected chi connectivity index (χ3v) is 12.3. The van der Waals surface area contributed by atoms with Gasteiger partial charge in [0.15, 0.2) is 12.4 Å². The van der Waals surface area contributed by atoms with E-state index >= 15 is 0 Å². The maximum Gasteiger partial charge on any atom is 0.306 e. The Kier molecular flexibility index (Phi) is 42.5.